The van der Waals surface area contributed by atoms with E-state index in [0.29, 0.717) is 32.8 Å². The Labute approximate surface area is 208 Å². The fourth-order valence-electron chi connectivity index (χ4n) is 3.29. The van der Waals surface area contributed by atoms with E-state index in [0.717, 1.165) is 16.8 Å². The van der Waals surface area contributed by atoms with Crippen molar-refractivity contribution >= 4 is 46.2 Å². The number of nitrogens with one attached hydrogen (secondary N) is 2. The van der Waals surface area contributed by atoms with Gasteiger partial charge in [-0.25, -0.2) is 4.99 Å². The summed E-state index contributed by atoms with van der Waals surface area (Å²) in [5, 5.41) is 6.08. The lowest BCUT2D eigenvalue weighted by Gasteiger charge is -2.13. The average Bonchev–Trinajstić information content (AvgIpc) is 3.19. The average molecular weight is 488 g/mol. The molecule has 3 aromatic carbocycles. The molecule has 0 spiro atoms. The minimum Gasteiger partial charge on any atom is -0.493 e. The number of aryl methyl sites for hydroxylation is 2. The number of aliphatic imine (C=N–C) groups is 1. The van der Waals surface area contributed by atoms with Crippen LogP contribution >= 0.6 is 11.8 Å². The van der Waals surface area contributed by atoms with Crippen molar-refractivity contribution in [2.24, 2.45) is 4.99 Å². The molecule has 4 rings (SSSR count). The van der Waals surface area contributed by atoms with Crippen LogP contribution in [-0.2, 0) is 9.59 Å². The van der Waals surface area contributed by atoms with Gasteiger partial charge in [-0.1, -0.05) is 47.5 Å². The van der Waals surface area contributed by atoms with Gasteiger partial charge in [-0.2, -0.15) is 0 Å². The third-order valence-electron chi connectivity index (χ3n) is 5.11. The van der Waals surface area contributed by atoms with Gasteiger partial charge in [0, 0.05) is 11.3 Å². The van der Waals surface area contributed by atoms with Gasteiger partial charge < -0.3 is 20.1 Å². The minimum atomic E-state index is -0.307. The fraction of sp³-hybridized carbons (Fsp3) is 0.148. The molecule has 0 aliphatic carbocycles. The van der Waals surface area contributed by atoms with Crippen LogP contribution in [0.1, 0.15) is 16.7 Å². The molecular weight excluding hydrogens is 462 g/mol. The predicted octanol–water partition coefficient (Wildman–Crippen LogP) is 5.22. The van der Waals surface area contributed by atoms with Crippen LogP contribution in [-0.4, -0.2) is 30.7 Å². The Balaban J connectivity index is 1.50. The van der Waals surface area contributed by atoms with Crippen LogP contribution < -0.4 is 20.1 Å². The summed E-state index contributed by atoms with van der Waals surface area (Å²) in [6.45, 7) is 3.76. The first kappa shape index (κ1) is 24.1. The number of carbonyl (C=O) groups is 2. The van der Waals surface area contributed by atoms with E-state index >= 15 is 0 Å². The Kier molecular flexibility index (Phi) is 7.52. The standard InChI is InChI=1S/C27H25N3O4S/c1-17-7-11-20(12-8-17)28-24(31)16-34-25-19(5-4-6-22(25)33-3)15-23-26(32)30-27(35-23)29-21-13-9-18(2)10-14-21/h4-15H,16H2,1-3H3,(H,28,31)(H,29,30,32)/b23-15+. The molecule has 35 heavy (non-hydrogen) atoms. The molecule has 0 radical (unpaired) electrons. The van der Waals surface area contributed by atoms with E-state index in [-0.39, 0.29) is 18.4 Å². The third-order valence-corrected chi connectivity index (χ3v) is 6.02. The van der Waals surface area contributed by atoms with E-state index in [4.69, 9.17) is 9.47 Å². The van der Waals surface area contributed by atoms with E-state index < -0.39 is 0 Å². The maximum Gasteiger partial charge on any atom is 0.264 e. The number of benzene rings is 3. The van der Waals surface area contributed by atoms with Gasteiger partial charge in [-0.05, 0) is 62.0 Å². The number of amidine groups is 1. The molecular formula is C27H25N3O4S. The van der Waals surface area contributed by atoms with Crippen LogP contribution in [0.3, 0.4) is 0 Å². The number of methoxy groups -OCH3 is 1. The molecule has 0 bridgehead atoms. The zero-order chi connectivity index (χ0) is 24.8. The SMILES string of the molecule is COc1cccc(/C=C2/SC(=Nc3ccc(C)cc3)NC2=O)c1OCC(=O)Nc1ccc(C)cc1. The van der Waals surface area contributed by atoms with Crippen molar-refractivity contribution in [2.75, 3.05) is 19.0 Å². The highest BCUT2D eigenvalue weighted by molar-refractivity contribution is 8.18. The third kappa shape index (κ3) is 6.30. The maximum absolute atomic E-state index is 12.6. The van der Waals surface area contributed by atoms with Crippen LogP contribution in [0.5, 0.6) is 11.5 Å². The second kappa shape index (κ2) is 10.9. The zero-order valence-corrected chi connectivity index (χ0v) is 20.4. The van der Waals surface area contributed by atoms with Gasteiger partial charge in [-0.15, -0.1) is 0 Å². The lowest BCUT2D eigenvalue weighted by Crippen LogP contribution is -2.20. The van der Waals surface area contributed by atoms with Crippen LogP contribution in [0.2, 0.25) is 0 Å². The van der Waals surface area contributed by atoms with Crippen molar-refractivity contribution < 1.29 is 19.1 Å². The van der Waals surface area contributed by atoms with Crippen LogP contribution in [0.4, 0.5) is 11.4 Å². The van der Waals surface area contributed by atoms with Gasteiger partial charge >= 0.3 is 0 Å². The first-order valence-electron chi connectivity index (χ1n) is 10.9. The van der Waals surface area contributed by atoms with Crippen LogP contribution in [0.15, 0.2) is 76.6 Å². The van der Waals surface area contributed by atoms with Gasteiger partial charge in [0.15, 0.2) is 23.3 Å². The Morgan fingerprint density at radius 3 is 2.40 bits per heavy atom. The summed E-state index contributed by atoms with van der Waals surface area (Å²) < 4.78 is 11.3. The van der Waals surface area contributed by atoms with Crippen molar-refractivity contribution in [3.05, 3.63) is 88.3 Å². The van der Waals surface area contributed by atoms with E-state index in [9.17, 15) is 9.59 Å². The number of rotatable bonds is 7. The summed E-state index contributed by atoms with van der Waals surface area (Å²) in [5.41, 5.74) is 4.29. The molecule has 1 heterocycles. The highest BCUT2D eigenvalue weighted by Gasteiger charge is 2.25. The number of amides is 2. The maximum atomic E-state index is 12.6. The minimum absolute atomic E-state index is 0.218. The summed E-state index contributed by atoms with van der Waals surface area (Å²) in [6, 6.07) is 20.5. The van der Waals surface area contributed by atoms with Crippen molar-refractivity contribution in [3.63, 3.8) is 0 Å². The summed E-state index contributed by atoms with van der Waals surface area (Å²) >= 11 is 1.24. The van der Waals surface area contributed by atoms with Crippen molar-refractivity contribution in [2.45, 2.75) is 13.8 Å². The topological polar surface area (TPSA) is 89.0 Å². The molecule has 0 aromatic heterocycles. The first-order valence-corrected chi connectivity index (χ1v) is 11.8. The molecule has 0 unspecified atom stereocenters. The number of para-hydroxylation sites is 1. The molecule has 0 saturated carbocycles. The van der Waals surface area contributed by atoms with E-state index in [1.54, 1.807) is 24.3 Å². The molecule has 1 aliphatic rings. The zero-order valence-electron chi connectivity index (χ0n) is 19.6. The quantitative estimate of drug-likeness (QED) is 0.446. The predicted molar refractivity (Wildman–Crippen MR) is 140 cm³/mol. The molecule has 0 atom stereocenters. The van der Waals surface area contributed by atoms with Crippen molar-refractivity contribution in [1.29, 1.82) is 0 Å². The van der Waals surface area contributed by atoms with Crippen molar-refractivity contribution in [3.8, 4) is 11.5 Å². The highest BCUT2D eigenvalue weighted by Crippen LogP contribution is 2.35. The van der Waals surface area contributed by atoms with Gasteiger partial charge in [0.25, 0.3) is 11.8 Å². The highest BCUT2D eigenvalue weighted by atomic mass is 32.2. The molecule has 3 aromatic rings. The van der Waals surface area contributed by atoms with Gasteiger partial charge in [0.2, 0.25) is 0 Å². The number of carbonyl (C=O) groups excluding carboxylic acids is 2. The summed E-state index contributed by atoms with van der Waals surface area (Å²) in [4.78, 5) is 30.0. The number of ether oxygens (including phenoxy) is 2. The van der Waals surface area contributed by atoms with Gasteiger partial charge in [-0.3, -0.25) is 9.59 Å². The molecule has 7 nitrogen and oxygen atoms in total. The molecule has 2 amide bonds. The molecule has 1 aliphatic heterocycles. The fourth-order valence-corrected chi connectivity index (χ4v) is 4.12. The summed E-state index contributed by atoms with van der Waals surface area (Å²) in [5.74, 6) is 0.268. The van der Waals surface area contributed by atoms with Crippen LogP contribution in [0, 0.1) is 13.8 Å². The molecule has 1 saturated heterocycles. The van der Waals surface area contributed by atoms with Crippen molar-refractivity contribution in [1.82, 2.24) is 5.32 Å². The molecule has 178 valence electrons. The lowest BCUT2D eigenvalue weighted by molar-refractivity contribution is -0.118. The normalized spacial score (nSPS) is 15.2. The van der Waals surface area contributed by atoms with Gasteiger partial charge in [0.05, 0.1) is 17.7 Å². The van der Waals surface area contributed by atoms with E-state index in [2.05, 4.69) is 15.6 Å². The number of thioether (sulfide) groups is 1. The Morgan fingerprint density at radius 1 is 1.03 bits per heavy atom. The number of anilines is 1. The van der Waals surface area contributed by atoms with Crippen LogP contribution in [0.25, 0.3) is 6.08 Å². The Morgan fingerprint density at radius 2 is 1.71 bits per heavy atom. The number of hydrogen-bond donors (Lipinski definition) is 2. The Hall–Kier alpha value is -4.04. The number of hydrogen-bond acceptors (Lipinski definition) is 6. The Bertz CT molecular complexity index is 1300. The lowest BCUT2D eigenvalue weighted by atomic mass is 10.1. The number of nitrogens with zero attached hydrogens (tertiary/aromatic N) is 1. The molecule has 1 fully saturated rings. The summed E-state index contributed by atoms with van der Waals surface area (Å²) in [6.07, 6.45) is 1.70. The second-order valence-electron chi connectivity index (χ2n) is 7.90. The smallest absolute Gasteiger partial charge is 0.264 e. The summed E-state index contributed by atoms with van der Waals surface area (Å²) in [7, 11) is 1.52. The van der Waals surface area contributed by atoms with E-state index in [1.165, 1.54) is 18.9 Å². The monoisotopic (exact) mass is 487 g/mol. The second-order valence-corrected chi connectivity index (χ2v) is 8.93. The largest absolute Gasteiger partial charge is 0.493 e. The van der Waals surface area contributed by atoms with Gasteiger partial charge in [0.1, 0.15) is 0 Å². The first-order chi connectivity index (χ1) is 16.9. The van der Waals surface area contributed by atoms with E-state index in [1.807, 2.05) is 62.4 Å². The molecule has 2 N–H and O–H groups in total. The molecule has 8 heteroatoms.